The lowest BCUT2D eigenvalue weighted by molar-refractivity contribution is -0.127. The summed E-state index contributed by atoms with van der Waals surface area (Å²) in [7, 11) is 1.43. The molecule has 0 unspecified atom stereocenters. The van der Waals surface area contributed by atoms with Gasteiger partial charge in [-0.15, -0.1) is 0 Å². The van der Waals surface area contributed by atoms with E-state index in [1.54, 1.807) is 54.6 Å². The van der Waals surface area contributed by atoms with Crippen molar-refractivity contribution in [1.29, 1.82) is 0 Å². The van der Waals surface area contributed by atoms with Crippen molar-refractivity contribution < 1.29 is 28.7 Å². The fraction of sp³-hybridized carbons (Fsp3) is 0.111. The third kappa shape index (κ3) is 6.28. The summed E-state index contributed by atoms with van der Waals surface area (Å²) >= 11 is 4.07. The van der Waals surface area contributed by atoms with Crippen molar-refractivity contribution in [3.63, 3.8) is 0 Å². The molecule has 0 aromatic heterocycles. The van der Waals surface area contributed by atoms with E-state index in [1.807, 2.05) is 19.1 Å². The van der Waals surface area contributed by atoms with Gasteiger partial charge in [0, 0.05) is 10.2 Å². The maximum Gasteiger partial charge on any atom is 0.344 e. The number of nitrogens with zero attached hydrogens (tertiary/aromatic N) is 1. The van der Waals surface area contributed by atoms with Crippen molar-refractivity contribution in [2.24, 2.45) is 0 Å². The molecule has 0 saturated carbocycles. The molecule has 1 heterocycles. The summed E-state index contributed by atoms with van der Waals surface area (Å²) in [5.74, 6) is -1.15. The van der Waals surface area contributed by atoms with Crippen LogP contribution in [0.3, 0.4) is 0 Å². The van der Waals surface area contributed by atoms with Crippen LogP contribution < -0.4 is 14.8 Å². The molecule has 0 aliphatic carbocycles. The van der Waals surface area contributed by atoms with Crippen LogP contribution >= 0.6 is 27.7 Å². The van der Waals surface area contributed by atoms with Crippen LogP contribution in [0, 0.1) is 6.92 Å². The molecule has 1 aliphatic rings. The van der Waals surface area contributed by atoms with E-state index >= 15 is 0 Å². The third-order valence-electron chi connectivity index (χ3n) is 5.29. The van der Waals surface area contributed by atoms with Gasteiger partial charge in [0.25, 0.3) is 11.1 Å². The van der Waals surface area contributed by atoms with E-state index in [-0.39, 0.29) is 16.4 Å². The van der Waals surface area contributed by atoms with E-state index < -0.39 is 29.6 Å². The molecule has 1 aliphatic heterocycles. The number of rotatable bonds is 7. The van der Waals surface area contributed by atoms with Crippen molar-refractivity contribution in [3.05, 3.63) is 92.8 Å². The number of aryl methyl sites for hydroxylation is 1. The van der Waals surface area contributed by atoms with Crippen LogP contribution in [-0.2, 0) is 9.59 Å². The Morgan fingerprint density at radius 3 is 2.46 bits per heavy atom. The largest absolute Gasteiger partial charge is 0.493 e. The number of halogens is 1. The highest BCUT2D eigenvalue weighted by atomic mass is 79.9. The summed E-state index contributed by atoms with van der Waals surface area (Å²) in [6.07, 6.45) is 1.52. The summed E-state index contributed by atoms with van der Waals surface area (Å²) in [5.41, 5.74) is 2.52. The molecule has 4 rings (SSSR count). The maximum absolute atomic E-state index is 12.8. The molecule has 37 heavy (non-hydrogen) atoms. The molecule has 0 spiro atoms. The number of imide groups is 1. The van der Waals surface area contributed by atoms with Gasteiger partial charge >= 0.3 is 5.97 Å². The van der Waals surface area contributed by atoms with Gasteiger partial charge in [-0.3, -0.25) is 19.3 Å². The Kier molecular flexibility index (Phi) is 8.10. The number of esters is 1. The number of carbonyl (C=O) groups excluding carboxylic acids is 4. The van der Waals surface area contributed by atoms with Gasteiger partial charge in [0.15, 0.2) is 11.5 Å². The Hall–Kier alpha value is -3.89. The van der Waals surface area contributed by atoms with E-state index in [0.717, 1.165) is 22.2 Å². The van der Waals surface area contributed by atoms with Gasteiger partial charge in [0.2, 0.25) is 5.91 Å². The van der Waals surface area contributed by atoms with E-state index in [0.29, 0.717) is 21.3 Å². The molecule has 1 N–H and O–H groups in total. The van der Waals surface area contributed by atoms with Crippen LogP contribution in [-0.4, -0.2) is 41.6 Å². The Balaban J connectivity index is 1.46. The molecule has 1 fully saturated rings. The number of benzene rings is 3. The first-order valence-corrected chi connectivity index (χ1v) is 12.6. The summed E-state index contributed by atoms with van der Waals surface area (Å²) < 4.78 is 11.4. The minimum atomic E-state index is -0.572. The van der Waals surface area contributed by atoms with Gasteiger partial charge in [0.05, 0.1) is 17.6 Å². The average Bonchev–Trinajstić information content (AvgIpc) is 3.13. The minimum absolute atomic E-state index is 0.160. The second-order valence-corrected chi connectivity index (χ2v) is 9.81. The van der Waals surface area contributed by atoms with Crippen LogP contribution in [0.15, 0.2) is 76.1 Å². The molecule has 0 radical (unpaired) electrons. The van der Waals surface area contributed by atoms with Gasteiger partial charge < -0.3 is 14.8 Å². The molecular weight excluding hydrogens is 560 g/mol. The average molecular weight is 581 g/mol. The smallest absolute Gasteiger partial charge is 0.344 e. The lowest BCUT2D eigenvalue weighted by Gasteiger charge is -2.12. The number of carbonyl (C=O) groups is 4. The van der Waals surface area contributed by atoms with Gasteiger partial charge in [-0.1, -0.05) is 35.9 Å². The molecule has 188 valence electrons. The molecule has 3 aromatic rings. The number of amides is 3. The van der Waals surface area contributed by atoms with Crippen LogP contribution in [0.4, 0.5) is 10.5 Å². The topological polar surface area (TPSA) is 102 Å². The SMILES string of the molecule is COc1cc(/C=C2\SC(=O)N(CC(=O)Nc3ccc(C)cc3)C2=O)ccc1OC(=O)c1ccccc1Br. The Morgan fingerprint density at radius 2 is 1.76 bits per heavy atom. The molecule has 0 bridgehead atoms. The Morgan fingerprint density at radius 1 is 1.03 bits per heavy atom. The van der Waals surface area contributed by atoms with Crippen molar-refractivity contribution in [1.82, 2.24) is 4.90 Å². The van der Waals surface area contributed by atoms with E-state index in [1.165, 1.54) is 13.2 Å². The number of anilines is 1. The standard InChI is InChI=1S/C27H21BrN2O6S/c1-16-7-10-18(11-8-16)29-24(31)15-30-25(32)23(37-27(30)34)14-17-9-12-21(22(13-17)35-2)36-26(33)19-5-3-4-6-20(19)28/h3-14H,15H2,1-2H3,(H,29,31)/b23-14-. The van der Waals surface area contributed by atoms with Crippen molar-refractivity contribution in [2.45, 2.75) is 6.92 Å². The second kappa shape index (κ2) is 11.4. The predicted octanol–water partition coefficient (Wildman–Crippen LogP) is 5.66. The van der Waals surface area contributed by atoms with Gasteiger partial charge in [-0.2, -0.15) is 0 Å². The van der Waals surface area contributed by atoms with Crippen LogP contribution in [0.5, 0.6) is 11.5 Å². The summed E-state index contributed by atoms with van der Waals surface area (Å²) in [5, 5.41) is 2.14. The summed E-state index contributed by atoms with van der Waals surface area (Å²) in [6.45, 7) is 1.53. The second-order valence-electron chi connectivity index (χ2n) is 7.96. The molecule has 10 heteroatoms. The fourth-order valence-electron chi connectivity index (χ4n) is 3.41. The lowest BCUT2D eigenvalue weighted by atomic mass is 10.1. The quantitative estimate of drug-likeness (QED) is 0.218. The number of ether oxygens (including phenoxy) is 2. The van der Waals surface area contributed by atoms with Crippen LogP contribution in [0.25, 0.3) is 6.08 Å². The normalized spacial score (nSPS) is 14.1. The lowest BCUT2D eigenvalue weighted by Crippen LogP contribution is -2.36. The zero-order chi connectivity index (χ0) is 26.5. The zero-order valence-electron chi connectivity index (χ0n) is 19.8. The van der Waals surface area contributed by atoms with Crippen LogP contribution in [0.1, 0.15) is 21.5 Å². The first-order chi connectivity index (χ1) is 17.7. The molecule has 8 nitrogen and oxygen atoms in total. The van der Waals surface area contributed by atoms with E-state index in [4.69, 9.17) is 9.47 Å². The first kappa shape index (κ1) is 26.2. The number of hydrogen-bond acceptors (Lipinski definition) is 7. The highest BCUT2D eigenvalue weighted by molar-refractivity contribution is 9.10. The van der Waals surface area contributed by atoms with Crippen molar-refractivity contribution in [2.75, 3.05) is 19.0 Å². The number of nitrogens with one attached hydrogen (secondary N) is 1. The number of hydrogen-bond donors (Lipinski definition) is 1. The molecule has 3 amide bonds. The first-order valence-electron chi connectivity index (χ1n) is 11.0. The molecule has 0 atom stereocenters. The van der Waals surface area contributed by atoms with Gasteiger partial charge in [-0.25, -0.2) is 4.79 Å². The van der Waals surface area contributed by atoms with E-state index in [2.05, 4.69) is 21.2 Å². The Bertz CT molecular complexity index is 1420. The zero-order valence-corrected chi connectivity index (χ0v) is 22.2. The number of methoxy groups -OCH3 is 1. The van der Waals surface area contributed by atoms with Gasteiger partial charge in [-0.05, 0) is 82.7 Å². The highest BCUT2D eigenvalue weighted by Crippen LogP contribution is 2.35. The van der Waals surface area contributed by atoms with E-state index in [9.17, 15) is 19.2 Å². The molecule has 3 aromatic carbocycles. The summed E-state index contributed by atoms with van der Waals surface area (Å²) in [6, 6.07) is 18.8. The molecular formula is C27H21BrN2O6S. The predicted molar refractivity (Wildman–Crippen MR) is 145 cm³/mol. The van der Waals surface area contributed by atoms with Crippen LogP contribution in [0.2, 0.25) is 0 Å². The minimum Gasteiger partial charge on any atom is -0.493 e. The monoisotopic (exact) mass is 580 g/mol. The summed E-state index contributed by atoms with van der Waals surface area (Å²) in [4.78, 5) is 51.3. The fourth-order valence-corrected chi connectivity index (χ4v) is 4.69. The number of thioether (sulfide) groups is 1. The van der Waals surface area contributed by atoms with Gasteiger partial charge in [0.1, 0.15) is 6.54 Å². The third-order valence-corrected chi connectivity index (χ3v) is 6.89. The highest BCUT2D eigenvalue weighted by Gasteiger charge is 2.36. The van der Waals surface area contributed by atoms with Crippen molar-refractivity contribution in [3.8, 4) is 11.5 Å². The van der Waals surface area contributed by atoms with Crippen molar-refractivity contribution >= 4 is 62.5 Å². The Labute approximate surface area is 225 Å². The maximum atomic E-state index is 12.8. The molecule has 1 saturated heterocycles.